The van der Waals surface area contributed by atoms with Crippen LogP contribution in [-0.2, 0) is 12.8 Å². The summed E-state index contributed by atoms with van der Waals surface area (Å²) in [6, 6.07) is 30.7. The lowest BCUT2D eigenvalue weighted by Gasteiger charge is -2.13. The van der Waals surface area contributed by atoms with E-state index in [-0.39, 0.29) is 23.4 Å². The van der Waals surface area contributed by atoms with Crippen molar-refractivity contribution >= 4 is 43.8 Å². The number of nitrogens with zero attached hydrogens (tertiary/aromatic N) is 3. The third-order valence-corrected chi connectivity index (χ3v) is 7.24. The van der Waals surface area contributed by atoms with Gasteiger partial charge in [0.15, 0.2) is 5.82 Å². The maximum Gasteiger partial charge on any atom is 0.416 e. The van der Waals surface area contributed by atoms with Crippen LogP contribution in [0, 0.1) is 0 Å². The molecule has 0 aliphatic heterocycles. The summed E-state index contributed by atoms with van der Waals surface area (Å²) in [7, 11) is 0. The molecule has 5 nitrogen and oxygen atoms in total. The van der Waals surface area contributed by atoms with Gasteiger partial charge in [-0.1, -0.05) is 82.7 Å². The minimum Gasteiger partial charge on any atom is -0.488 e. The number of ether oxygens (including phenoxy) is 1. The molecule has 0 spiro atoms. The first-order chi connectivity index (χ1) is 20.3. The average Bonchev–Trinajstić information content (AvgIpc) is 2.99. The molecule has 0 radical (unpaired) electrons. The minimum atomic E-state index is -4.56. The Balaban J connectivity index is 1.42. The highest BCUT2D eigenvalue weighted by atomic mass is 79.9. The average molecular weight is 628 g/mol. The highest BCUT2D eigenvalue weighted by Gasteiger charge is 2.31. The normalized spacial score (nSPS) is 11.9. The van der Waals surface area contributed by atoms with Crippen LogP contribution in [0.15, 0.2) is 124 Å². The number of hydrogen-bond acceptors (Lipinski definition) is 4. The number of alkyl halides is 3. The van der Waals surface area contributed by atoms with E-state index >= 15 is 0 Å². The highest BCUT2D eigenvalue weighted by Crippen LogP contribution is 2.32. The van der Waals surface area contributed by atoms with Gasteiger partial charge in [0, 0.05) is 15.6 Å². The van der Waals surface area contributed by atoms with Crippen molar-refractivity contribution in [2.75, 3.05) is 0 Å². The number of hydrogen-bond donors (Lipinski definition) is 0. The van der Waals surface area contributed by atoms with E-state index in [0.29, 0.717) is 16.8 Å². The van der Waals surface area contributed by atoms with Crippen LogP contribution in [0.5, 0.6) is 5.75 Å². The molecule has 6 rings (SSSR count). The summed E-state index contributed by atoms with van der Waals surface area (Å²) in [5.74, 6) is 0.492. The van der Waals surface area contributed by atoms with Crippen molar-refractivity contribution in [1.29, 1.82) is 0 Å². The van der Waals surface area contributed by atoms with Crippen molar-refractivity contribution in [2.24, 2.45) is 5.10 Å². The molecular formula is C33H21BrF3N3O2. The van der Waals surface area contributed by atoms with Crippen molar-refractivity contribution in [3.8, 4) is 17.1 Å². The van der Waals surface area contributed by atoms with Gasteiger partial charge in [0.1, 0.15) is 12.4 Å². The van der Waals surface area contributed by atoms with Gasteiger partial charge in [-0.25, -0.2) is 4.98 Å². The molecule has 42 heavy (non-hydrogen) atoms. The molecule has 5 aromatic carbocycles. The molecule has 0 saturated carbocycles. The molecule has 1 aromatic heterocycles. The number of halogens is 4. The molecule has 0 unspecified atom stereocenters. The molecule has 0 atom stereocenters. The Morgan fingerprint density at radius 3 is 2.43 bits per heavy atom. The Labute approximate surface area is 246 Å². The van der Waals surface area contributed by atoms with Crippen LogP contribution in [0.2, 0.25) is 0 Å². The molecule has 0 N–H and O–H groups in total. The van der Waals surface area contributed by atoms with Crippen molar-refractivity contribution < 1.29 is 17.9 Å². The lowest BCUT2D eigenvalue weighted by Crippen LogP contribution is -2.20. The maximum atomic E-state index is 13.6. The van der Waals surface area contributed by atoms with Crippen molar-refractivity contribution in [2.45, 2.75) is 12.8 Å². The zero-order valence-corrected chi connectivity index (χ0v) is 23.4. The second-order valence-electron chi connectivity index (χ2n) is 9.50. The lowest BCUT2D eigenvalue weighted by atomic mass is 10.1. The van der Waals surface area contributed by atoms with Gasteiger partial charge in [0.05, 0.1) is 22.7 Å². The maximum absolute atomic E-state index is 13.6. The molecule has 0 saturated heterocycles. The van der Waals surface area contributed by atoms with Crippen LogP contribution in [0.1, 0.15) is 16.7 Å². The lowest BCUT2D eigenvalue weighted by molar-refractivity contribution is -0.137. The predicted octanol–water partition coefficient (Wildman–Crippen LogP) is 8.46. The van der Waals surface area contributed by atoms with Crippen molar-refractivity contribution in [1.82, 2.24) is 9.66 Å². The van der Waals surface area contributed by atoms with Gasteiger partial charge in [0.25, 0.3) is 5.56 Å². The molecular weight excluding hydrogens is 607 g/mol. The molecule has 0 fully saturated rings. The van der Waals surface area contributed by atoms with Gasteiger partial charge >= 0.3 is 6.18 Å². The van der Waals surface area contributed by atoms with Crippen LogP contribution < -0.4 is 10.3 Å². The second kappa shape index (κ2) is 11.3. The Hall–Kier alpha value is -4.76. The van der Waals surface area contributed by atoms with E-state index in [1.54, 1.807) is 36.4 Å². The van der Waals surface area contributed by atoms with E-state index < -0.39 is 17.3 Å². The Bertz CT molecular complexity index is 2030. The van der Waals surface area contributed by atoms with Crippen LogP contribution in [0.4, 0.5) is 13.2 Å². The predicted molar refractivity (Wildman–Crippen MR) is 162 cm³/mol. The first kappa shape index (κ1) is 27.4. The second-order valence-corrected chi connectivity index (χ2v) is 10.4. The van der Waals surface area contributed by atoms with Gasteiger partial charge in [-0.2, -0.15) is 22.9 Å². The fourth-order valence-electron chi connectivity index (χ4n) is 4.70. The Kier molecular flexibility index (Phi) is 7.34. The molecule has 0 bridgehead atoms. The summed E-state index contributed by atoms with van der Waals surface area (Å²) >= 11 is 3.47. The SMILES string of the molecule is O=c1c2ccccc2nc(-c2cccc(C(F)(F)F)c2)n1N=Cc1cc(Br)ccc1OCc1cccc2ccccc12. The van der Waals surface area contributed by atoms with Crippen LogP contribution in [0.3, 0.4) is 0 Å². The van der Waals surface area contributed by atoms with Gasteiger partial charge in [0.2, 0.25) is 0 Å². The molecule has 6 aromatic rings. The zero-order chi connectivity index (χ0) is 29.3. The summed E-state index contributed by atoms with van der Waals surface area (Å²) < 4.78 is 48.5. The molecule has 9 heteroatoms. The molecule has 0 amide bonds. The third-order valence-electron chi connectivity index (χ3n) is 6.75. The summed E-state index contributed by atoms with van der Waals surface area (Å²) in [6.07, 6.45) is -3.12. The van der Waals surface area contributed by atoms with Crippen molar-refractivity contribution in [3.63, 3.8) is 0 Å². The number of rotatable bonds is 6. The number of fused-ring (bicyclic) bond motifs is 2. The summed E-state index contributed by atoms with van der Waals surface area (Å²) in [6.45, 7) is 0.288. The van der Waals surface area contributed by atoms with Gasteiger partial charge in [-0.15, -0.1) is 0 Å². The monoisotopic (exact) mass is 627 g/mol. The van der Waals surface area contributed by atoms with E-state index in [4.69, 9.17) is 4.74 Å². The van der Waals surface area contributed by atoms with E-state index in [0.717, 1.165) is 37.6 Å². The van der Waals surface area contributed by atoms with Crippen molar-refractivity contribution in [3.05, 3.63) is 141 Å². The standard InChI is InChI=1S/C33H21BrF3N3O2/c34-26-15-16-30(42-20-23-10-5-8-21-7-1-2-12-27(21)23)24(18-26)19-38-40-31(22-9-6-11-25(17-22)33(35,36)37)39-29-14-4-3-13-28(29)32(40)41/h1-19H,20H2. The number of aromatic nitrogens is 2. The fraction of sp³-hybridized carbons (Fsp3) is 0.0606. The van der Waals surface area contributed by atoms with E-state index in [1.165, 1.54) is 18.3 Å². The molecule has 0 aliphatic rings. The third kappa shape index (κ3) is 5.56. The smallest absolute Gasteiger partial charge is 0.416 e. The van der Waals surface area contributed by atoms with Gasteiger partial charge in [-0.05, 0) is 58.8 Å². The van der Waals surface area contributed by atoms with Crippen LogP contribution in [0.25, 0.3) is 33.1 Å². The fourth-order valence-corrected chi connectivity index (χ4v) is 5.08. The number of benzene rings is 5. The first-order valence-electron chi connectivity index (χ1n) is 12.9. The van der Waals surface area contributed by atoms with E-state index in [9.17, 15) is 18.0 Å². The Morgan fingerprint density at radius 2 is 1.60 bits per heavy atom. The first-order valence-corrected chi connectivity index (χ1v) is 13.7. The van der Waals surface area contributed by atoms with Crippen LogP contribution >= 0.6 is 15.9 Å². The van der Waals surface area contributed by atoms with E-state index in [1.807, 2.05) is 48.5 Å². The molecule has 208 valence electrons. The summed E-state index contributed by atoms with van der Waals surface area (Å²) in [5, 5.41) is 6.89. The largest absolute Gasteiger partial charge is 0.488 e. The topological polar surface area (TPSA) is 56.5 Å². The van der Waals surface area contributed by atoms with E-state index in [2.05, 4.69) is 26.0 Å². The van der Waals surface area contributed by atoms with Gasteiger partial charge < -0.3 is 4.74 Å². The summed E-state index contributed by atoms with van der Waals surface area (Å²) in [5.41, 5.74) is 0.640. The van der Waals surface area contributed by atoms with Crippen LogP contribution in [-0.4, -0.2) is 15.9 Å². The molecule has 0 aliphatic carbocycles. The molecule has 1 heterocycles. The summed E-state index contributed by atoms with van der Waals surface area (Å²) in [4.78, 5) is 18.1. The van der Waals surface area contributed by atoms with Gasteiger partial charge in [-0.3, -0.25) is 4.79 Å². The quantitative estimate of drug-likeness (QED) is 0.174. The highest BCUT2D eigenvalue weighted by molar-refractivity contribution is 9.10. The minimum absolute atomic E-state index is 0.0192. The number of para-hydroxylation sites is 1. The Morgan fingerprint density at radius 1 is 0.857 bits per heavy atom. The zero-order valence-electron chi connectivity index (χ0n) is 21.8.